The molecule has 0 spiro atoms. The molecule has 0 radical (unpaired) electrons. The van der Waals surface area contributed by atoms with Crippen LogP contribution in [0.25, 0.3) is 16.6 Å². The predicted molar refractivity (Wildman–Crippen MR) is 127 cm³/mol. The van der Waals surface area contributed by atoms with Crippen molar-refractivity contribution in [2.75, 3.05) is 5.32 Å². The summed E-state index contributed by atoms with van der Waals surface area (Å²) in [5.74, 6) is -2.05. The van der Waals surface area contributed by atoms with Gasteiger partial charge in [-0.05, 0) is 30.3 Å². The van der Waals surface area contributed by atoms with Crippen LogP contribution in [-0.4, -0.2) is 30.5 Å². The fourth-order valence-electron chi connectivity index (χ4n) is 3.87. The molecule has 4 aromatic heterocycles. The molecule has 0 unspecified atom stereocenters. The molecule has 0 bridgehead atoms. The summed E-state index contributed by atoms with van der Waals surface area (Å²) in [6.07, 6.45) is 3.04. The number of nitrogens with zero attached hydrogens (tertiary/aromatic N) is 5. The Morgan fingerprint density at radius 1 is 0.921 bits per heavy atom. The monoisotopic (exact) mass is 524 g/mol. The Hall–Kier alpha value is -4.74. The Morgan fingerprint density at radius 2 is 1.71 bits per heavy atom. The zero-order valence-corrected chi connectivity index (χ0v) is 19.4. The molecule has 0 saturated heterocycles. The van der Waals surface area contributed by atoms with Crippen LogP contribution < -0.4 is 5.32 Å². The second kappa shape index (κ2) is 9.96. The molecule has 0 atom stereocenters. The lowest BCUT2D eigenvalue weighted by Crippen LogP contribution is -2.16. The number of hydrogen-bond donors (Lipinski definition) is 1. The molecule has 4 heterocycles. The Labute approximate surface area is 212 Å². The third-order valence-electron chi connectivity index (χ3n) is 5.71. The highest BCUT2D eigenvalue weighted by molar-refractivity contribution is 5.92. The van der Waals surface area contributed by atoms with Gasteiger partial charge in [-0.25, -0.2) is 23.3 Å². The molecule has 1 aromatic carbocycles. The molecular formula is C26H17F5N6O. The van der Waals surface area contributed by atoms with Crippen LogP contribution >= 0.6 is 0 Å². The zero-order chi connectivity index (χ0) is 26.9. The summed E-state index contributed by atoms with van der Waals surface area (Å²) >= 11 is 0. The number of benzene rings is 1. The summed E-state index contributed by atoms with van der Waals surface area (Å²) in [4.78, 5) is 24.2. The molecule has 0 fully saturated rings. The van der Waals surface area contributed by atoms with Crippen LogP contribution in [0.15, 0.2) is 73.6 Å². The number of aromatic nitrogens is 5. The smallest absolute Gasteiger partial charge is 0.324 e. The molecule has 7 nitrogen and oxygen atoms in total. The van der Waals surface area contributed by atoms with E-state index in [2.05, 4.69) is 25.4 Å². The molecule has 5 rings (SSSR count). The van der Waals surface area contributed by atoms with E-state index in [0.29, 0.717) is 24.5 Å². The second-order valence-corrected chi connectivity index (χ2v) is 8.37. The molecule has 38 heavy (non-hydrogen) atoms. The fourth-order valence-corrected chi connectivity index (χ4v) is 3.87. The van der Waals surface area contributed by atoms with Gasteiger partial charge in [0, 0.05) is 53.5 Å². The highest BCUT2D eigenvalue weighted by Gasteiger charge is 2.31. The maximum atomic E-state index is 14.9. The molecular weight excluding hydrogens is 507 g/mol. The van der Waals surface area contributed by atoms with E-state index in [0.717, 1.165) is 29.4 Å². The third-order valence-corrected chi connectivity index (χ3v) is 5.71. The van der Waals surface area contributed by atoms with E-state index in [1.54, 1.807) is 10.7 Å². The first-order chi connectivity index (χ1) is 18.2. The van der Waals surface area contributed by atoms with Gasteiger partial charge in [0.05, 0.1) is 35.6 Å². The highest BCUT2D eigenvalue weighted by Crippen LogP contribution is 2.30. The average Bonchev–Trinajstić information content (AvgIpc) is 3.29. The van der Waals surface area contributed by atoms with Crippen LogP contribution in [0.1, 0.15) is 22.5 Å². The van der Waals surface area contributed by atoms with Crippen LogP contribution in [0, 0.1) is 11.6 Å². The number of fused-ring (bicyclic) bond motifs is 1. The lowest BCUT2D eigenvalue weighted by atomic mass is 10.0. The Balaban J connectivity index is 1.29. The summed E-state index contributed by atoms with van der Waals surface area (Å²) in [6.45, 7) is 0. The predicted octanol–water partition coefficient (Wildman–Crippen LogP) is 5.26. The van der Waals surface area contributed by atoms with Crippen molar-refractivity contribution in [2.24, 2.45) is 0 Å². The van der Waals surface area contributed by atoms with Gasteiger partial charge in [0.1, 0.15) is 17.5 Å². The molecule has 0 aliphatic carbocycles. The van der Waals surface area contributed by atoms with E-state index in [-0.39, 0.29) is 22.4 Å². The minimum Gasteiger partial charge on any atom is -0.324 e. The number of anilines is 1. The van der Waals surface area contributed by atoms with Crippen LogP contribution in [0.3, 0.4) is 0 Å². The van der Waals surface area contributed by atoms with Crippen molar-refractivity contribution >= 4 is 17.1 Å². The number of nitrogens with one attached hydrogen (secondary N) is 1. The lowest BCUT2D eigenvalue weighted by molar-refractivity contribution is -0.137. The number of alkyl halides is 3. The highest BCUT2D eigenvalue weighted by atomic mass is 19.4. The Morgan fingerprint density at radius 3 is 2.47 bits per heavy atom. The van der Waals surface area contributed by atoms with E-state index >= 15 is 0 Å². The average molecular weight is 524 g/mol. The number of amides is 1. The number of rotatable bonds is 6. The minimum absolute atomic E-state index is 0.101. The summed E-state index contributed by atoms with van der Waals surface area (Å²) in [7, 11) is 0. The normalized spacial score (nSPS) is 11.6. The van der Waals surface area contributed by atoms with E-state index in [1.165, 1.54) is 12.4 Å². The third kappa shape index (κ3) is 5.33. The molecule has 0 saturated carbocycles. The van der Waals surface area contributed by atoms with Crippen molar-refractivity contribution in [3.8, 4) is 11.1 Å². The lowest BCUT2D eigenvalue weighted by Gasteiger charge is -2.11. The van der Waals surface area contributed by atoms with Gasteiger partial charge in [0.2, 0.25) is 5.91 Å². The van der Waals surface area contributed by atoms with Gasteiger partial charge in [-0.2, -0.15) is 18.3 Å². The van der Waals surface area contributed by atoms with E-state index in [1.807, 2.05) is 24.4 Å². The van der Waals surface area contributed by atoms with Crippen LogP contribution in [-0.2, 0) is 23.8 Å². The molecule has 12 heteroatoms. The number of carbonyl (C=O) groups excluding carboxylic acids is 1. The van der Waals surface area contributed by atoms with Crippen molar-refractivity contribution in [3.05, 3.63) is 108 Å². The summed E-state index contributed by atoms with van der Waals surface area (Å²) in [5, 5.41) is 6.47. The van der Waals surface area contributed by atoms with Gasteiger partial charge in [0.25, 0.3) is 0 Å². The number of halogens is 5. The van der Waals surface area contributed by atoms with Crippen molar-refractivity contribution in [2.45, 2.75) is 19.0 Å². The van der Waals surface area contributed by atoms with E-state index in [4.69, 9.17) is 0 Å². The molecule has 0 aliphatic rings. The van der Waals surface area contributed by atoms with Crippen molar-refractivity contribution < 1.29 is 26.7 Å². The number of pyridine rings is 2. The van der Waals surface area contributed by atoms with Gasteiger partial charge in [-0.1, -0.05) is 6.07 Å². The molecule has 5 aromatic rings. The van der Waals surface area contributed by atoms with Crippen LogP contribution in [0.5, 0.6) is 0 Å². The topological polar surface area (TPSA) is 85.1 Å². The zero-order valence-electron chi connectivity index (χ0n) is 19.4. The quantitative estimate of drug-likeness (QED) is 0.307. The molecule has 1 amide bonds. The van der Waals surface area contributed by atoms with Gasteiger partial charge < -0.3 is 5.32 Å². The first-order valence-electron chi connectivity index (χ1n) is 11.2. The van der Waals surface area contributed by atoms with Gasteiger partial charge in [0.15, 0.2) is 0 Å². The maximum Gasteiger partial charge on any atom is 0.417 e. The molecule has 0 aliphatic heterocycles. The Bertz CT molecular complexity index is 1630. The first kappa shape index (κ1) is 24.9. The largest absolute Gasteiger partial charge is 0.417 e. The number of carbonyl (C=O) groups is 1. The van der Waals surface area contributed by atoms with Gasteiger partial charge in [-0.3, -0.25) is 9.78 Å². The van der Waals surface area contributed by atoms with Crippen molar-refractivity contribution in [3.63, 3.8) is 0 Å². The van der Waals surface area contributed by atoms with E-state index < -0.39 is 35.7 Å². The van der Waals surface area contributed by atoms with Crippen LogP contribution in [0.4, 0.5) is 27.6 Å². The van der Waals surface area contributed by atoms with Crippen molar-refractivity contribution in [1.29, 1.82) is 0 Å². The Kier molecular flexibility index (Phi) is 6.53. The fraction of sp³-hybridized carbons (Fsp3) is 0.115. The SMILES string of the molecule is O=C(Cc1cc(F)c(-c2cnc(Cc3cnn4ccccc34)nc2)cc1F)Nc1cncc(C(F)(F)F)c1. The molecule has 192 valence electrons. The standard InChI is InChI=1S/C26H17F5N6O/c27-21-9-20(17-10-33-24(34-11-17)6-16-12-35-37-4-2-1-3-23(16)37)22(28)5-15(21)7-25(38)36-19-8-18(13-32-14-19)26(29,30)31/h1-5,8-14H,6-7H2,(H,36,38). The first-order valence-corrected chi connectivity index (χ1v) is 11.2. The van der Waals surface area contributed by atoms with Crippen molar-refractivity contribution in [1.82, 2.24) is 24.6 Å². The minimum atomic E-state index is -4.64. The number of hydrogen-bond acceptors (Lipinski definition) is 5. The summed E-state index contributed by atoms with van der Waals surface area (Å²) in [6, 6.07) is 8.14. The second-order valence-electron chi connectivity index (χ2n) is 8.37. The van der Waals surface area contributed by atoms with E-state index in [9.17, 15) is 26.7 Å². The van der Waals surface area contributed by atoms with Crippen LogP contribution in [0.2, 0.25) is 0 Å². The summed E-state index contributed by atoms with van der Waals surface area (Å²) in [5.41, 5.74) is 0.394. The van der Waals surface area contributed by atoms with Gasteiger partial charge in [-0.15, -0.1) is 0 Å². The van der Waals surface area contributed by atoms with Gasteiger partial charge >= 0.3 is 6.18 Å². The summed E-state index contributed by atoms with van der Waals surface area (Å²) < 4.78 is 69.8. The molecule has 1 N–H and O–H groups in total. The maximum absolute atomic E-state index is 14.9.